The number of alkyl halides is 1. The van der Waals surface area contributed by atoms with Crippen LogP contribution in [0.15, 0.2) is 0 Å². The van der Waals surface area contributed by atoms with E-state index in [0.717, 1.165) is 23.7 Å². The Bertz CT molecular complexity index is 213. The van der Waals surface area contributed by atoms with E-state index in [1.807, 2.05) is 0 Å². The second kappa shape index (κ2) is 10.8. The summed E-state index contributed by atoms with van der Waals surface area (Å²) in [7, 11) is 0. The normalized spacial score (nSPS) is 10.4. The first-order valence-electron chi connectivity index (χ1n) is 6.06. The molecule has 0 saturated carbocycles. The molecule has 4 nitrogen and oxygen atoms in total. The highest BCUT2D eigenvalue weighted by molar-refractivity contribution is 14.1. The highest BCUT2D eigenvalue weighted by atomic mass is 127. The van der Waals surface area contributed by atoms with Gasteiger partial charge in [-0.2, -0.15) is 0 Å². The highest BCUT2D eigenvalue weighted by Gasteiger charge is 2.28. The summed E-state index contributed by atoms with van der Waals surface area (Å²) in [5.74, 6) is -1.66. The number of halogens is 1. The van der Waals surface area contributed by atoms with Crippen LogP contribution in [0.2, 0.25) is 0 Å². The molecule has 0 atom stereocenters. The second-order valence-corrected chi connectivity index (χ2v) is 4.67. The molecule has 0 heterocycles. The van der Waals surface area contributed by atoms with Gasteiger partial charge in [-0.25, -0.2) is 0 Å². The van der Waals surface area contributed by atoms with Crippen LogP contribution in [0.4, 0.5) is 0 Å². The van der Waals surface area contributed by atoms with Crippen LogP contribution in [0.25, 0.3) is 0 Å². The predicted octanol–water partition coefficient (Wildman–Crippen LogP) is 2.72. The van der Waals surface area contributed by atoms with Crippen molar-refractivity contribution in [2.24, 2.45) is 5.92 Å². The third kappa shape index (κ3) is 7.57. The topological polar surface area (TPSA) is 52.6 Å². The molecule has 5 heteroatoms. The number of carbonyl (C=O) groups excluding carboxylic acids is 2. The molecule has 0 aromatic carbocycles. The fourth-order valence-corrected chi connectivity index (χ4v) is 1.98. The van der Waals surface area contributed by atoms with Gasteiger partial charge in [-0.3, -0.25) is 9.59 Å². The number of rotatable bonds is 9. The Morgan fingerprint density at radius 2 is 1.53 bits per heavy atom. The van der Waals surface area contributed by atoms with Crippen LogP contribution >= 0.6 is 22.6 Å². The molecule has 0 bridgehead atoms. The molecule has 0 aromatic rings. The van der Waals surface area contributed by atoms with Crippen molar-refractivity contribution in [3.8, 4) is 0 Å². The van der Waals surface area contributed by atoms with E-state index in [9.17, 15) is 9.59 Å². The maximum Gasteiger partial charge on any atom is 0.320 e. The van der Waals surface area contributed by atoms with Gasteiger partial charge >= 0.3 is 11.9 Å². The molecule has 0 saturated heterocycles. The Labute approximate surface area is 117 Å². The van der Waals surface area contributed by atoms with Gasteiger partial charge in [0.2, 0.25) is 0 Å². The molecule has 0 aromatic heterocycles. The van der Waals surface area contributed by atoms with Crippen molar-refractivity contribution in [1.29, 1.82) is 0 Å². The summed E-state index contributed by atoms with van der Waals surface area (Å²) in [6.07, 6.45) is 3.51. The molecule has 0 aliphatic heterocycles. The standard InChI is InChI=1S/C12H21IO4/c1-3-16-11(14)10(12(15)17-4-2)8-6-5-7-9-13/h10H,3-9H2,1-2H3. The molecule has 0 amide bonds. The van der Waals surface area contributed by atoms with E-state index in [1.165, 1.54) is 0 Å². The van der Waals surface area contributed by atoms with Gasteiger partial charge in [-0.05, 0) is 31.1 Å². The number of hydrogen-bond donors (Lipinski definition) is 0. The lowest BCUT2D eigenvalue weighted by Crippen LogP contribution is -2.28. The van der Waals surface area contributed by atoms with Gasteiger partial charge in [0.25, 0.3) is 0 Å². The SMILES string of the molecule is CCOC(=O)C(CCCCCI)C(=O)OCC. The highest BCUT2D eigenvalue weighted by Crippen LogP contribution is 2.14. The zero-order valence-electron chi connectivity index (χ0n) is 10.5. The summed E-state index contributed by atoms with van der Waals surface area (Å²) in [5.41, 5.74) is 0. The van der Waals surface area contributed by atoms with Crippen LogP contribution < -0.4 is 0 Å². The molecule has 0 N–H and O–H groups in total. The van der Waals surface area contributed by atoms with Crippen LogP contribution in [0.3, 0.4) is 0 Å². The van der Waals surface area contributed by atoms with E-state index in [0.29, 0.717) is 19.6 Å². The summed E-state index contributed by atoms with van der Waals surface area (Å²) in [5, 5.41) is 0. The van der Waals surface area contributed by atoms with Gasteiger partial charge in [-0.15, -0.1) is 0 Å². The van der Waals surface area contributed by atoms with E-state index in [2.05, 4.69) is 22.6 Å². The summed E-state index contributed by atoms with van der Waals surface area (Å²) in [6, 6.07) is 0. The van der Waals surface area contributed by atoms with E-state index in [-0.39, 0.29) is 0 Å². The van der Waals surface area contributed by atoms with Gasteiger partial charge in [0, 0.05) is 0 Å². The third-order valence-corrected chi connectivity index (χ3v) is 3.03. The van der Waals surface area contributed by atoms with E-state index >= 15 is 0 Å². The lowest BCUT2D eigenvalue weighted by molar-refractivity contribution is -0.161. The molecule has 0 fully saturated rings. The van der Waals surface area contributed by atoms with Crippen LogP contribution in [-0.4, -0.2) is 29.6 Å². The number of unbranched alkanes of at least 4 members (excludes halogenated alkanes) is 2. The quantitative estimate of drug-likeness (QED) is 0.210. The predicted molar refractivity (Wildman–Crippen MR) is 74.1 cm³/mol. The van der Waals surface area contributed by atoms with Crippen LogP contribution in [0.1, 0.15) is 39.5 Å². The summed E-state index contributed by atoms with van der Waals surface area (Å²) in [4.78, 5) is 23.2. The second-order valence-electron chi connectivity index (χ2n) is 3.59. The van der Waals surface area contributed by atoms with Crippen molar-refractivity contribution < 1.29 is 19.1 Å². The summed E-state index contributed by atoms with van der Waals surface area (Å²) in [6.45, 7) is 4.05. The maximum atomic E-state index is 11.6. The van der Waals surface area contributed by atoms with Gasteiger partial charge in [0.1, 0.15) is 0 Å². The minimum absolute atomic E-state index is 0.294. The van der Waals surface area contributed by atoms with Crippen LogP contribution in [0.5, 0.6) is 0 Å². The number of ether oxygens (including phenoxy) is 2. The first kappa shape index (κ1) is 16.7. The molecule has 17 heavy (non-hydrogen) atoms. The first-order valence-corrected chi connectivity index (χ1v) is 7.59. The van der Waals surface area contributed by atoms with Crippen molar-refractivity contribution in [2.45, 2.75) is 39.5 Å². The monoisotopic (exact) mass is 356 g/mol. The molecule has 0 spiro atoms. The molecule has 100 valence electrons. The Balaban J connectivity index is 4.19. The van der Waals surface area contributed by atoms with Crippen molar-refractivity contribution >= 4 is 34.5 Å². The van der Waals surface area contributed by atoms with Crippen molar-refractivity contribution in [2.75, 3.05) is 17.6 Å². The number of carbonyl (C=O) groups is 2. The fourth-order valence-electron chi connectivity index (χ4n) is 1.44. The molecule has 0 rings (SSSR count). The lowest BCUT2D eigenvalue weighted by Gasteiger charge is -2.13. The van der Waals surface area contributed by atoms with Gasteiger partial charge in [0.15, 0.2) is 5.92 Å². The summed E-state index contributed by atoms with van der Waals surface area (Å²) < 4.78 is 10.9. The number of esters is 2. The zero-order valence-corrected chi connectivity index (χ0v) is 12.7. The molecule has 0 aliphatic carbocycles. The molecule has 0 radical (unpaired) electrons. The maximum absolute atomic E-state index is 11.6. The Hall–Kier alpha value is -0.330. The molecular weight excluding hydrogens is 335 g/mol. The van der Waals surface area contributed by atoms with E-state index in [4.69, 9.17) is 9.47 Å². The smallest absolute Gasteiger partial charge is 0.320 e. The van der Waals surface area contributed by atoms with Crippen molar-refractivity contribution in [3.05, 3.63) is 0 Å². The van der Waals surface area contributed by atoms with E-state index in [1.54, 1.807) is 13.8 Å². The Kier molecular flexibility index (Phi) is 10.6. The Morgan fingerprint density at radius 3 is 1.94 bits per heavy atom. The Morgan fingerprint density at radius 1 is 1.00 bits per heavy atom. The largest absolute Gasteiger partial charge is 0.465 e. The minimum atomic E-state index is -0.746. The molecular formula is C12H21IO4. The van der Waals surface area contributed by atoms with Gasteiger partial charge in [-0.1, -0.05) is 35.4 Å². The van der Waals surface area contributed by atoms with Crippen molar-refractivity contribution in [3.63, 3.8) is 0 Å². The lowest BCUT2D eigenvalue weighted by atomic mass is 10.0. The van der Waals surface area contributed by atoms with Crippen LogP contribution in [-0.2, 0) is 19.1 Å². The third-order valence-electron chi connectivity index (χ3n) is 2.27. The van der Waals surface area contributed by atoms with Gasteiger partial charge < -0.3 is 9.47 Å². The number of hydrogen-bond acceptors (Lipinski definition) is 4. The van der Waals surface area contributed by atoms with Crippen molar-refractivity contribution in [1.82, 2.24) is 0 Å². The average molecular weight is 356 g/mol. The average Bonchev–Trinajstić information content (AvgIpc) is 2.29. The fraction of sp³-hybridized carbons (Fsp3) is 0.833. The van der Waals surface area contributed by atoms with Gasteiger partial charge in [0.05, 0.1) is 13.2 Å². The molecule has 0 unspecified atom stereocenters. The molecule has 0 aliphatic rings. The van der Waals surface area contributed by atoms with Crippen LogP contribution in [0, 0.1) is 5.92 Å². The van der Waals surface area contributed by atoms with E-state index < -0.39 is 17.9 Å². The summed E-state index contributed by atoms with van der Waals surface area (Å²) >= 11 is 2.31. The first-order chi connectivity index (χ1) is 8.17. The zero-order chi connectivity index (χ0) is 13.1. The minimum Gasteiger partial charge on any atom is -0.465 e.